The van der Waals surface area contributed by atoms with Gasteiger partial charge in [-0.3, -0.25) is 4.48 Å². The fraction of sp³-hybridized carbons (Fsp3) is 0.633. The maximum atomic E-state index is 10.5. The van der Waals surface area contributed by atoms with E-state index >= 15 is 0 Å². The van der Waals surface area contributed by atoms with Crippen LogP contribution in [0.15, 0.2) is 59.3 Å². The molecular formula is C30H54HgIN2O2Sn-. The molecule has 210 valence electrons. The van der Waals surface area contributed by atoms with Gasteiger partial charge >= 0.3 is 0 Å². The summed E-state index contributed by atoms with van der Waals surface area (Å²) >= 11 is 0. The van der Waals surface area contributed by atoms with E-state index in [4.69, 9.17) is 0 Å². The molecule has 0 saturated carbocycles. The number of unbranched alkanes of at least 4 members (excludes halogenated alkanes) is 3. The van der Waals surface area contributed by atoms with Gasteiger partial charge in [0.1, 0.15) is 12.2 Å². The molecule has 0 N–H and O–H groups in total. The van der Waals surface area contributed by atoms with E-state index in [0.29, 0.717) is 4.48 Å². The topological polar surface area (TPSA) is 43.4 Å². The van der Waals surface area contributed by atoms with Gasteiger partial charge in [-0.2, -0.15) is 0 Å². The minimum Gasteiger partial charge on any atom is -1.00 e. The van der Waals surface area contributed by atoms with Crippen LogP contribution in [-0.2, 0) is 32.5 Å². The molecule has 0 fully saturated rings. The maximum absolute atomic E-state index is 10.5. The molecule has 2 aliphatic carbocycles. The summed E-state index contributed by atoms with van der Waals surface area (Å²) < 4.78 is 0.344. The van der Waals surface area contributed by atoms with E-state index in [-0.39, 0.29) is 82.1 Å². The van der Waals surface area contributed by atoms with Crippen molar-refractivity contribution in [1.29, 1.82) is 0 Å². The minimum absolute atomic E-state index is 0. The Labute approximate surface area is 285 Å². The van der Waals surface area contributed by atoms with Crippen LogP contribution >= 0.6 is 0 Å². The summed E-state index contributed by atoms with van der Waals surface area (Å²) in [5, 5.41) is 10.5. The van der Waals surface area contributed by atoms with Crippen LogP contribution in [0.2, 0.25) is 0 Å². The van der Waals surface area contributed by atoms with E-state index in [2.05, 4.69) is 78.1 Å². The number of carbonyl (C=O) groups excluding carboxylic acids is 1. The number of rotatable bonds is 7. The van der Waals surface area contributed by atoms with Gasteiger partial charge in [0.05, 0.1) is 20.1 Å². The molecule has 0 heterocycles. The van der Waals surface area contributed by atoms with E-state index in [1.165, 1.54) is 44.2 Å². The molecule has 0 saturated heterocycles. The molecule has 0 aromatic rings. The van der Waals surface area contributed by atoms with E-state index in [1.54, 1.807) is 6.08 Å². The summed E-state index contributed by atoms with van der Waals surface area (Å²) in [7, 11) is 7.82. The maximum Gasteiger partial charge on any atom is 0.123 e. The fourth-order valence-corrected chi connectivity index (χ4v) is 2.09. The van der Waals surface area contributed by atoms with Gasteiger partial charge in [-0.15, -0.1) is 11.5 Å². The number of halogens is 1. The predicted molar refractivity (Wildman–Crippen MR) is 154 cm³/mol. The Hall–Kier alpha value is 0.214. The van der Waals surface area contributed by atoms with Crippen LogP contribution in [-0.4, -0.2) is 74.0 Å². The number of carbonyl (C=O) groups is 1. The Morgan fingerprint density at radius 3 is 1.43 bits per heavy atom. The van der Waals surface area contributed by atoms with Crippen LogP contribution in [0.5, 0.6) is 0 Å². The number of carboxylic acid groups (broad SMARTS) is 1. The summed E-state index contributed by atoms with van der Waals surface area (Å²) in [6.45, 7) is 13.1. The van der Waals surface area contributed by atoms with E-state index in [0.717, 1.165) is 18.5 Å². The Bertz CT molecular complexity index is 689. The summed E-state index contributed by atoms with van der Waals surface area (Å²) in [6.07, 6.45) is 21.4. The van der Waals surface area contributed by atoms with E-state index < -0.39 is 5.97 Å². The van der Waals surface area contributed by atoms with Gasteiger partial charge in [0, 0.05) is 90.3 Å². The zero-order chi connectivity index (χ0) is 26.8. The monoisotopic (exact) mass is 923 g/mol. The first-order valence-corrected chi connectivity index (χ1v) is 13.0. The average molecular weight is 921 g/mol. The first-order valence-electron chi connectivity index (χ1n) is 13.0. The van der Waals surface area contributed by atoms with E-state index in [9.17, 15) is 9.90 Å². The smallest absolute Gasteiger partial charge is 0.123 e. The van der Waals surface area contributed by atoms with Crippen LogP contribution in [0.4, 0.5) is 0 Å². The van der Waals surface area contributed by atoms with Crippen molar-refractivity contribution in [3.05, 3.63) is 59.3 Å². The quantitative estimate of drug-likeness (QED) is 0.171. The molecule has 0 aromatic heterocycles. The molecule has 0 amide bonds. The molecule has 0 aromatic carbocycles. The largest absolute Gasteiger partial charge is 1.00 e. The van der Waals surface area contributed by atoms with Crippen molar-refractivity contribution in [2.75, 3.05) is 34.7 Å². The second-order valence-electron chi connectivity index (χ2n) is 8.91. The van der Waals surface area contributed by atoms with Crippen LogP contribution in [0.3, 0.4) is 0 Å². The molecule has 0 unspecified atom stereocenters. The van der Waals surface area contributed by atoms with Crippen molar-refractivity contribution < 1.29 is 66.0 Å². The zero-order valence-electron chi connectivity index (χ0n) is 25.6. The third-order valence-electron chi connectivity index (χ3n) is 4.98. The van der Waals surface area contributed by atoms with Crippen LogP contribution in [0.25, 0.3) is 0 Å². The third kappa shape index (κ3) is 36.2. The van der Waals surface area contributed by atoms with Crippen LogP contribution in [0.1, 0.15) is 92.9 Å². The molecule has 2 rings (SSSR count). The first kappa shape index (κ1) is 50.1. The van der Waals surface area contributed by atoms with Gasteiger partial charge in [-0.1, -0.05) is 80.1 Å². The van der Waals surface area contributed by atoms with Crippen molar-refractivity contribution in [2.24, 2.45) is 0 Å². The van der Waals surface area contributed by atoms with Crippen LogP contribution in [0, 0.1) is 0 Å². The second kappa shape index (κ2) is 36.2. The number of allylic oxidation sites excluding steroid dienone is 4. The number of quaternary nitrogens is 1. The molecule has 0 aliphatic heterocycles. The molecule has 37 heavy (non-hydrogen) atoms. The summed E-state index contributed by atoms with van der Waals surface area (Å²) in [5.74, 6) is -1.02. The Morgan fingerprint density at radius 1 is 0.838 bits per heavy atom. The molecule has 4 radical (unpaired) electrons. The number of hydrogen-bond acceptors (Lipinski definition) is 3. The number of nitrogens with zero attached hydrogens (tertiary/aromatic N) is 2. The van der Waals surface area contributed by atoms with E-state index in [1.807, 2.05) is 38.4 Å². The minimum atomic E-state index is -1.02. The van der Waals surface area contributed by atoms with Crippen LogP contribution < -0.4 is 29.1 Å². The fourth-order valence-electron chi connectivity index (χ4n) is 2.09. The Balaban J connectivity index is -0.0000000880. The predicted octanol–water partition coefficient (Wildman–Crippen LogP) is 3.40. The normalized spacial score (nSPS) is 11.7. The molecule has 0 atom stereocenters. The van der Waals surface area contributed by atoms with Gasteiger partial charge in [0.2, 0.25) is 0 Å². The van der Waals surface area contributed by atoms with Gasteiger partial charge < -0.3 is 38.8 Å². The van der Waals surface area contributed by atoms with Gasteiger partial charge in [0.15, 0.2) is 0 Å². The summed E-state index contributed by atoms with van der Waals surface area (Å²) in [5.41, 5.74) is 8.36. The molecule has 0 bridgehead atoms. The summed E-state index contributed by atoms with van der Waals surface area (Å²) in [6, 6.07) is 0. The van der Waals surface area contributed by atoms with Crippen molar-refractivity contribution in [3.8, 4) is 0 Å². The molecule has 7 heteroatoms. The number of likely N-dealkylation sites (N-methyl/N-ethyl adjacent to an activating group) is 1. The first-order chi connectivity index (χ1) is 16.1. The zero-order valence-corrected chi connectivity index (χ0v) is 36.1. The Kier molecular flexibility index (Phi) is 49.0. The number of hydrogen-bond donors (Lipinski definition) is 0. The second-order valence-corrected chi connectivity index (χ2v) is 8.91. The number of aliphatic carboxylic acids is 1. The molecule has 0 spiro atoms. The third-order valence-corrected chi connectivity index (χ3v) is 4.98. The van der Waals surface area contributed by atoms with Gasteiger partial charge in [0.25, 0.3) is 0 Å². The molecule has 4 nitrogen and oxygen atoms in total. The van der Waals surface area contributed by atoms with Crippen molar-refractivity contribution in [3.63, 3.8) is 0 Å². The number of carboxylic acids is 1. The SMILES string of the molecule is CCCC.CCCC.CCCC.CN(C)C1=CC=C=CC1.C[N+](C)(CC(=O)[O-])C1=CC=C=CC1.[Hg].[I-].[Sn]. The van der Waals surface area contributed by atoms with Crippen molar-refractivity contribution >= 4 is 29.9 Å². The average Bonchev–Trinajstić information content (AvgIpc) is 2.85. The van der Waals surface area contributed by atoms with Crippen molar-refractivity contribution in [2.45, 2.75) is 92.9 Å². The summed E-state index contributed by atoms with van der Waals surface area (Å²) in [4.78, 5) is 12.6. The Morgan fingerprint density at radius 2 is 1.22 bits per heavy atom. The molecule has 2 aliphatic rings. The van der Waals surface area contributed by atoms with Gasteiger partial charge in [-0.25, -0.2) is 0 Å². The van der Waals surface area contributed by atoms with Gasteiger partial charge in [-0.05, 0) is 30.4 Å². The standard InChI is InChI=1S/C10H13NO2.C8H11N.3C4H10.Hg.HI.Sn/c1-11(2,8-10(12)13)9-6-4-3-5-7-9;1-9(2)8-6-4-3-5-7-8;3*1-3-4-2;;;/h4-6H,7-8H2,1-2H3;4-6H,7H2,1-2H3;3*3-4H2,1-2H3;;1H;/p-1. The molecular weight excluding hydrogens is 867 g/mol. The van der Waals surface area contributed by atoms with Crippen molar-refractivity contribution in [1.82, 2.24) is 4.90 Å².